The lowest BCUT2D eigenvalue weighted by Crippen LogP contribution is -1.93. The minimum atomic E-state index is 0.222. The summed E-state index contributed by atoms with van der Waals surface area (Å²) in [7, 11) is 0. The highest BCUT2D eigenvalue weighted by atomic mass is 16.3. The quantitative estimate of drug-likeness (QED) is 0.311. The predicted molar refractivity (Wildman–Crippen MR) is 141 cm³/mol. The van der Waals surface area contributed by atoms with E-state index < -0.39 is 0 Å². The molecule has 0 heterocycles. The highest BCUT2D eigenvalue weighted by Gasteiger charge is 2.15. The second kappa shape index (κ2) is 9.89. The Morgan fingerprint density at radius 2 is 0.824 bits per heavy atom. The van der Waals surface area contributed by atoms with Crippen molar-refractivity contribution in [2.75, 3.05) is 0 Å². The summed E-state index contributed by atoms with van der Waals surface area (Å²) in [5.41, 5.74) is 6.90. The number of hydrogen-bond acceptors (Lipinski definition) is 2. The van der Waals surface area contributed by atoms with Crippen molar-refractivity contribution < 1.29 is 10.2 Å². The van der Waals surface area contributed by atoms with Crippen molar-refractivity contribution in [2.24, 2.45) is 0 Å². The molecule has 0 spiro atoms. The van der Waals surface area contributed by atoms with Crippen molar-refractivity contribution >= 4 is 0 Å². The van der Waals surface area contributed by atoms with Crippen LogP contribution in [0.3, 0.4) is 0 Å². The summed E-state index contributed by atoms with van der Waals surface area (Å²) in [6.07, 6.45) is 0. The lowest BCUT2D eigenvalue weighted by atomic mass is 9.92. The molecule has 0 aliphatic heterocycles. The van der Waals surface area contributed by atoms with Gasteiger partial charge in [0.1, 0.15) is 11.5 Å². The molecular weight excluding hydrogens is 416 g/mol. The fourth-order valence-electron chi connectivity index (χ4n) is 4.28. The van der Waals surface area contributed by atoms with Crippen molar-refractivity contribution in [1.82, 2.24) is 0 Å². The second-order valence-corrected chi connectivity index (χ2v) is 9.14. The average molecular weight is 447 g/mol. The van der Waals surface area contributed by atoms with E-state index in [-0.39, 0.29) is 11.8 Å². The van der Waals surface area contributed by atoms with Gasteiger partial charge in [0.25, 0.3) is 0 Å². The van der Waals surface area contributed by atoms with E-state index in [1.165, 1.54) is 0 Å². The van der Waals surface area contributed by atoms with Gasteiger partial charge in [-0.15, -0.1) is 0 Å². The fraction of sp³-hybridized carbons (Fsp3) is 0.188. The topological polar surface area (TPSA) is 40.5 Å². The summed E-state index contributed by atoms with van der Waals surface area (Å²) >= 11 is 0. The molecule has 0 aliphatic carbocycles. The van der Waals surface area contributed by atoms with Gasteiger partial charge in [0.05, 0.1) is 0 Å². The van der Waals surface area contributed by atoms with E-state index in [4.69, 9.17) is 0 Å². The fourth-order valence-corrected chi connectivity index (χ4v) is 4.28. The van der Waals surface area contributed by atoms with Crippen molar-refractivity contribution in [1.29, 1.82) is 0 Å². The molecule has 0 amide bonds. The van der Waals surface area contributed by atoms with E-state index >= 15 is 0 Å². The van der Waals surface area contributed by atoms with Gasteiger partial charge >= 0.3 is 0 Å². The third-order valence-electron chi connectivity index (χ3n) is 6.14. The Balaban J connectivity index is 1.81. The Kier molecular flexibility index (Phi) is 6.75. The van der Waals surface area contributed by atoms with Gasteiger partial charge in [-0.1, -0.05) is 112 Å². The summed E-state index contributed by atoms with van der Waals surface area (Å²) in [4.78, 5) is 0. The minimum Gasteiger partial charge on any atom is -0.507 e. The van der Waals surface area contributed by atoms with Gasteiger partial charge in [-0.3, -0.25) is 0 Å². The Labute approximate surface area is 202 Å². The summed E-state index contributed by atoms with van der Waals surface area (Å²) in [6.45, 7) is 8.30. The first-order valence-electron chi connectivity index (χ1n) is 11.7. The van der Waals surface area contributed by atoms with Gasteiger partial charge in [-0.2, -0.15) is 0 Å². The van der Waals surface area contributed by atoms with Gasteiger partial charge in [-0.05, 0) is 35.1 Å². The molecule has 0 bridgehead atoms. The normalized spacial score (nSPS) is 10.9. The van der Waals surface area contributed by atoms with Crippen molar-refractivity contribution in [3.05, 3.63) is 107 Å². The van der Waals surface area contributed by atoms with Crippen LogP contribution in [0.15, 0.2) is 84.9 Å². The predicted octanol–water partition coefficient (Wildman–Crippen LogP) is 8.08. The summed E-state index contributed by atoms with van der Waals surface area (Å²) < 4.78 is 0. The van der Waals surface area contributed by atoms with Crippen LogP contribution >= 0.6 is 0 Å². The number of phenols is 2. The molecule has 34 heavy (non-hydrogen) atoms. The third kappa shape index (κ3) is 4.56. The summed E-state index contributed by atoms with van der Waals surface area (Å²) in [5, 5.41) is 21.9. The van der Waals surface area contributed by atoms with E-state index in [0.717, 1.165) is 44.5 Å². The maximum Gasteiger partial charge on any atom is 0.126 e. The molecule has 0 saturated carbocycles. The van der Waals surface area contributed by atoms with Crippen LogP contribution in [0, 0.1) is 11.8 Å². The summed E-state index contributed by atoms with van der Waals surface area (Å²) in [6, 6.07) is 27.5. The first-order valence-corrected chi connectivity index (χ1v) is 11.7. The Morgan fingerprint density at radius 1 is 0.471 bits per heavy atom. The maximum absolute atomic E-state index is 10.9. The van der Waals surface area contributed by atoms with Crippen LogP contribution in [-0.4, -0.2) is 10.2 Å². The second-order valence-electron chi connectivity index (χ2n) is 9.14. The molecule has 4 rings (SSSR count). The van der Waals surface area contributed by atoms with Gasteiger partial charge in [0, 0.05) is 33.4 Å². The van der Waals surface area contributed by atoms with Crippen LogP contribution < -0.4 is 0 Å². The molecule has 170 valence electrons. The van der Waals surface area contributed by atoms with Crippen molar-refractivity contribution in [2.45, 2.75) is 39.5 Å². The number of benzene rings is 4. The molecule has 2 N–H and O–H groups in total. The molecule has 0 aliphatic rings. The van der Waals surface area contributed by atoms with Gasteiger partial charge in [0.15, 0.2) is 0 Å². The smallest absolute Gasteiger partial charge is 0.126 e. The Hall–Kier alpha value is -3.96. The SMILES string of the molecule is CC(C)c1cccc(-c2ccccc2C#Cc2ccccc2-c2cccc(C(C)C)c2O)c1O. The monoisotopic (exact) mass is 446 g/mol. The van der Waals surface area contributed by atoms with Gasteiger partial charge in [0.2, 0.25) is 0 Å². The zero-order chi connectivity index (χ0) is 24.2. The average Bonchev–Trinajstić information content (AvgIpc) is 2.83. The minimum absolute atomic E-state index is 0.222. The third-order valence-corrected chi connectivity index (χ3v) is 6.14. The number of hydrogen-bond donors (Lipinski definition) is 2. The van der Waals surface area contributed by atoms with Gasteiger partial charge in [-0.25, -0.2) is 0 Å². The lowest BCUT2D eigenvalue weighted by molar-refractivity contribution is 0.466. The summed E-state index contributed by atoms with van der Waals surface area (Å²) in [5.74, 6) is 7.72. The number of aromatic hydroxyl groups is 2. The molecule has 0 unspecified atom stereocenters. The highest BCUT2D eigenvalue weighted by Crippen LogP contribution is 2.38. The maximum atomic E-state index is 10.9. The molecule has 2 nitrogen and oxygen atoms in total. The molecule has 0 atom stereocenters. The zero-order valence-corrected chi connectivity index (χ0v) is 20.1. The Morgan fingerprint density at radius 3 is 1.21 bits per heavy atom. The van der Waals surface area contributed by atoms with E-state index in [1.54, 1.807) is 0 Å². The number of rotatable bonds is 4. The van der Waals surface area contributed by atoms with Crippen LogP contribution in [0.4, 0.5) is 0 Å². The van der Waals surface area contributed by atoms with Crippen LogP contribution in [-0.2, 0) is 0 Å². The van der Waals surface area contributed by atoms with Crippen LogP contribution in [0.25, 0.3) is 22.3 Å². The molecule has 0 saturated heterocycles. The molecule has 0 fully saturated rings. The van der Waals surface area contributed by atoms with Crippen molar-refractivity contribution in [3.8, 4) is 45.6 Å². The van der Waals surface area contributed by atoms with Crippen molar-refractivity contribution in [3.63, 3.8) is 0 Å². The first-order chi connectivity index (χ1) is 16.4. The van der Waals surface area contributed by atoms with Crippen LogP contribution in [0.2, 0.25) is 0 Å². The molecule has 2 heteroatoms. The molecule has 4 aromatic carbocycles. The molecule has 0 aromatic heterocycles. The molecule has 4 aromatic rings. The van der Waals surface area contributed by atoms with E-state index in [2.05, 4.69) is 39.5 Å². The standard InChI is InChI=1S/C32H30O2/c1-21(2)25-15-9-17-29(31(25)33)27-13-7-5-11-23(27)19-20-24-12-6-8-14-28(24)30-18-10-16-26(22(3)4)32(30)34/h5-18,21-22,33-34H,1-4H3. The first kappa shape index (κ1) is 23.2. The lowest BCUT2D eigenvalue weighted by Gasteiger charge is -2.14. The van der Waals surface area contributed by atoms with Crippen LogP contribution in [0.1, 0.15) is 61.8 Å². The highest BCUT2D eigenvalue weighted by molar-refractivity contribution is 5.80. The Bertz CT molecular complexity index is 1280. The zero-order valence-electron chi connectivity index (χ0n) is 20.1. The van der Waals surface area contributed by atoms with E-state index in [9.17, 15) is 10.2 Å². The largest absolute Gasteiger partial charge is 0.507 e. The number of phenolic OH excluding ortho intramolecular Hbond substituents is 2. The number of para-hydroxylation sites is 2. The van der Waals surface area contributed by atoms with Gasteiger partial charge < -0.3 is 10.2 Å². The molecular formula is C32H30O2. The molecule has 0 radical (unpaired) electrons. The van der Waals surface area contributed by atoms with E-state index in [0.29, 0.717) is 11.5 Å². The van der Waals surface area contributed by atoms with E-state index in [1.807, 2.05) is 84.9 Å². The van der Waals surface area contributed by atoms with Crippen LogP contribution in [0.5, 0.6) is 11.5 Å².